The molecule has 2 aliphatic heterocycles. The SMILES string of the molecule is CC(C)C1CN2CCCC2CN1CC1CCCCC1C. The molecule has 0 amide bonds. The van der Waals surface area contributed by atoms with Crippen LogP contribution in [-0.4, -0.2) is 48.1 Å². The van der Waals surface area contributed by atoms with Crippen LogP contribution in [0.15, 0.2) is 0 Å². The molecule has 0 aromatic rings. The van der Waals surface area contributed by atoms with Crippen molar-refractivity contribution in [2.75, 3.05) is 26.2 Å². The summed E-state index contributed by atoms with van der Waals surface area (Å²) in [4.78, 5) is 5.68. The third-order valence-corrected chi connectivity index (χ3v) is 6.36. The van der Waals surface area contributed by atoms with Gasteiger partial charge in [0.05, 0.1) is 0 Å². The van der Waals surface area contributed by atoms with Crippen LogP contribution in [0.25, 0.3) is 0 Å². The predicted octanol–water partition coefficient (Wildman–Crippen LogP) is 3.62. The van der Waals surface area contributed by atoms with Gasteiger partial charge in [-0.3, -0.25) is 9.80 Å². The summed E-state index contributed by atoms with van der Waals surface area (Å²) in [7, 11) is 0. The molecule has 1 saturated carbocycles. The van der Waals surface area contributed by atoms with Gasteiger partial charge in [-0.15, -0.1) is 0 Å². The molecular weight excluding hydrogens is 244 g/mol. The van der Waals surface area contributed by atoms with Crippen molar-refractivity contribution in [1.82, 2.24) is 9.80 Å². The molecule has 1 aliphatic carbocycles. The molecule has 4 unspecified atom stereocenters. The van der Waals surface area contributed by atoms with Crippen LogP contribution >= 0.6 is 0 Å². The first kappa shape index (κ1) is 14.8. The molecule has 0 N–H and O–H groups in total. The van der Waals surface area contributed by atoms with Crippen molar-refractivity contribution in [3.63, 3.8) is 0 Å². The van der Waals surface area contributed by atoms with Crippen molar-refractivity contribution < 1.29 is 0 Å². The fourth-order valence-corrected chi connectivity index (χ4v) is 4.91. The zero-order valence-corrected chi connectivity index (χ0v) is 13.9. The Morgan fingerprint density at radius 1 is 1.00 bits per heavy atom. The van der Waals surface area contributed by atoms with Crippen molar-refractivity contribution in [3.8, 4) is 0 Å². The molecule has 3 rings (SSSR count). The fourth-order valence-electron chi connectivity index (χ4n) is 4.91. The number of fused-ring (bicyclic) bond motifs is 1. The maximum atomic E-state index is 2.89. The lowest BCUT2D eigenvalue weighted by Crippen LogP contribution is -2.59. The van der Waals surface area contributed by atoms with Crippen LogP contribution in [0.1, 0.15) is 59.3 Å². The van der Waals surface area contributed by atoms with Crippen molar-refractivity contribution in [2.24, 2.45) is 17.8 Å². The summed E-state index contributed by atoms with van der Waals surface area (Å²) < 4.78 is 0. The van der Waals surface area contributed by atoms with Crippen LogP contribution in [0, 0.1) is 17.8 Å². The normalized spacial score (nSPS) is 40.2. The van der Waals surface area contributed by atoms with E-state index in [1.165, 1.54) is 64.7 Å². The average molecular weight is 278 g/mol. The lowest BCUT2D eigenvalue weighted by atomic mass is 9.79. The lowest BCUT2D eigenvalue weighted by molar-refractivity contribution is 0.00903. The van der Waals surface area contributed by atoms with E-state index in [0.29, 0.717) is 0 Å². The molecule has 0 radical (unpaired) electrons. The third kappa shape index (κ3) is 3.06. The average Bonchev–Trinajstić information content (AvgIpc) is 2.87. The van der Waals surface area contributed by atoms with E-state index < -0.39 is 0 Å². The molecule has 4 atom stereocenters. The van der Waals surface area contributed by atoms with Gasteiger partial charge in [-0.1, -0.05) is 40.0 Å². The highest BCUT2D eigenvalue weighted by Gasteiger charge is 2.38. The van der Waals surface area contributed by atoms with E-state index in [9.17, 15) is 0 Å². The highest BCUT2D eigenvalue weighted by atomic mass is 15.3. The van der Waals surface area contributed by atoms with Crippen LogP contribution in [0.2, 0.25) is 0 Å². The first-order valence-corrected chi connectivity index (χ1v) is 9.13. The van der Waals surface area contributed by atoms with Crippen LogP contribution in [0.4, 0.5) is 0 Å². The highest BCUT2D eigenvalue weighted by molar-refractivity contribution is 4.94. The summed E-state index contributed by atoms with van der Waals surface area (Å²) in [5, 5.41) is 0. The molecule has 2 saturated heterocycles. The summed E-state index contributed by atoms with van der Waals surface area (Å²) in [5.41, 5.74) is 0. The number of hydrogen-bond donors (Lipinski definition) is 0. The van der Waals surface area contributed by atoms with Crippen molar-refractivity contribution in [2.45, 2.75) is 71.4 Å². The van der Waals surface area contributed by atoms with Gasteiger partial charge in [-0.2, -0.15) is 0 Å². The van der Waals surface area contributed by atoms with E-state index in [4.69, 9.17) is 0 Å². The standard InChI is InChI=1S/C18H34N2/c1-14(2)18-13-19-10-6-9-17(19)12-20(18)11-16-8-5-4-7-15(16)3/h14-18H,4-13H2,1-3H3. The minimum atomic E-state index is 0.801. The minimum absolute atomic E-state index is 0.801. The smallest absolute Gasteiger partial charge is 0.0247 e. The molecule has 2 heteroatoms. The second-order valence-electron chi connectivity index (χ2n) is 8.08. The van der Waals surface area contributed by atoms with Crippen LogP contribution in [0.5, 0.6) is 0 Å². The van der Waals surface area contributed by atoms with Gasteiger partial charge < -0.3 is 0 Å². The quantitative estimate of drug-likeness (QED) is 0.778. The number of hydrogen-bond acceptors (Lipinski definition) is 2. The van der Waals surface area contributed by atoms with Crippen LogP contribution in [-0.2, 0) is 0 Å². The van der Waals surface area contributed by atoms with Crippen molar-refractivity contribution >= 4 is 0 Å². The monoisotopic (exact) mass is 278 g/mol. The zero-order chi connectivity index (χ0) is 14.1. The van der Waals surface area contributed by atoms with Gasteiger partial charge in [0.25, 0.3) is 0 Å². The first-order valence-electron chi connectivity index (χ1n) is 9.13. The Hall–Kier alpha value is -0.0800. The number of piperazine rings is 1. The number of rotatable bonds is 3. The van der Waals surface area contributed by atoms with Gasteiger partial charge in [-0.25, -0.2) is 0 Å². The Balaban J connectivity index is 1.65. The largest absolute Gasteiger partial charge is 0.298 e. The van der Waals surface area contributed by atoms with E-state index in [1.807, 2.05) is 0 Å². The Kier molecular flexibility index (Phi) is 4.72. The summed E-state index contributed by atoms with van der Waals surface area (Å²) in [6.45, 7) is 12.8. The van der Waals surface area contributed by atoms with Gasteiger partial charge >= 0.3 is 0 Å². The fraction of sp³-hybridized carbons (Fsp3) is 1.00. The van der Waals surface area contributed by atoms with E-state index in [0.717, 1.165) is 29.8 Å². The summed E-state index contributed by atoms with van der Waals surface area (Å²) in [6.07, 6.45) is 8.79. The highest BCUT2D eigenvalue weighted by Crippen LogP contribution is 2.33. The van der Waals surface area contributed by atoms with Crippen molar-refractivity contribution in [1.29, 1.82) is 0 Å². The zero-order valence-electron chi connectivity index (χ0n) is 13.9. The minimum Gasteiger partial charge on any atom is -0.298 e. The summed E-state index contributed by atoms with van der Waals surface area (Å²) in [5.74, 6) is 2.73. The van der Waals surface area contributed by atoms with Crippen LogP contribution < -0.4 is 0 Å². The lowest BCUT2D eigenvalue weighted by Gasteiger charge is -2.47. The Labute approximate surface area is 125 Å². The van der Waals surface area contributed by atoms with E-state index in [-0.39, 0.29) is 0 Å². The molecule has 0 aromatic carbocycles. The molecule has 0 spiro atoms. The van der Waals surface area contributed by atoms with Crippen LogP contribution in [0.3, 0.4) is 0 Å². The predicted molar refractivity (Wildman–Crippen MR) is 85.9 cm³/mol. The summed E-state index contributed by atoms with van der Waals surface area (Å²) in [6, 6.07) is 1.68. The molecule has 3 aliphatic rings. The molecule has 2 nitrogen and oxygen atoms in total. The van der Waals surface area contributed by atoms with Gasteiger partial charge in [0.2, 0.25) is 0 Å². The molecule has 0 aromatic heterocycles. The molecular formula is C18H34N2. The van der Waals surface area contributed by atoms with E-state index >= 15 is 0 Å². The third-order valence-electron chi connectivity index (χ3n) is 6.36. The van der Waals surface area contributed by atoms with Gasteiger partial charge in [0.1, 0.15) is 0 Å². The Morgan fingerprint density at radius 2 is 1.80 bits per heavy atom. The molecule has 2 heterocycles. The van der Waals surface area contributed by atoms with Crippen molar-refractivity contribution in [3.05, 3.63) is 0 Å². The Morgan fingerprint density at radius 3 is 2.55 bits per heavy atom. The molecule has 20 heavy (non-hydrogen) atoms. The number of nitrogens with zero attached hydrogens (tertiary/aromatic N) is 2. The first-order chi connectivity index (χ1) is 9.65. The van der Waals surface area contributed by atoms with Gasteiger partial charge in [0.15, 0.2) is 0 Å². The maximum absolute atomic E-state index is 2.89. The maximum Gasteiger partial charge on any atom is 0.0247 e. The molecule has 0 bridgehead atoms. The Bertz CT molecular complexity index is 315. The van der Waals surface area contributed by atoms with Gasteiger partial charge in [0, 0.05) is 31.7 Å². The van der Waals surface area contributed by atoms with E-state index in [2.05, 4.69) is 30.6 Å². The second-order valence-corrected chi connectivity index (χ2v) is 8.08. The molecule has 116 valence electrons. The topological polar surface area (TPSA) is 6.48 Å². The summed E-state index contributed by atoms with van der Waals surface area (Å²) >= 11 is 0. The second kappa shape index (κ2) is 6.36. The molecule has 3 fully saturated rings. The van der Waals surface area contributed by atoms with Gasteiger partial charge in [-0.05, 0) is 43.6 Å². The van der Waals surface area contributed by atoms with E-state index in [1.54, 1.807) is 0 Å².